The molecule has 7 nitrogen and oxygen atoms in total. The van der Waals surface area contributed by atoms with E-state index in [0.717, 1.165) is 12.0 Å². The molecule has 8 heteroatoms. The van der Waals surface area contributed by atoms with E-state index in [1.807, 2.05) is 0 Å². The van der Waals surface area contributed by atoms with Gasteiger partial charge in [0.1, 0.15) is 17.7 Å². The highest BCUT2D eigenvalue weighted by Crippen LogP contribution is 2.44. The van der Waals surface area contributed by atoms with Crippen molar-refractivity contribution in [2.24, 2.45) is 17.8 Å². The minimum Gasteiger partial charge on any atom is -0.481 e. The molecule has 1 aromatic carbocycles. The van der Waals surface area contributed by atoms with Crippen molar-refractivity contribution in [3.05, 3.63) is 53.9 Å². The van der Waals surface area contributed by atoms with Gasteiger partial charge in [0.25, 0.3) is 0 Å². The van der Waals surface area contributed by atoms with Crippen LogP contribution >= 0.6 is 0 Å². The summed E-state index contributed by atoms with van der Waals surface area (Å²) in [5, 5.41) is 29.1. The fraction of sp³-hybridized carbons (Fsp3) is 0.571. The Kier molecular flexibility index (Phi) is 9.30. The summed E-state index contributed by atoms with van der Waals surface area (Å²) in [5.41, 5.74) is -0.166. The van der Waals surface area contributed by atoms with Gasteiger partial charge in [0, 0.05) is 5.92 Å². The van der Waals surface area contributed by atoms with Crippen molar-refractivity contribution in [2.75, 3.05) is 0 Å². The van der Waals surface area contributed by atoms with E-state index in [1.54, 1.807) is 13.8 Å². The van der Waals surface area contributed by atoms with Gasteiger partial charge < -0.3 is 24.8 Å². The van der Waals surface area contributed by atoms with Crippen LogP contribution in [-0.2, 0) is 14.3 Å². The van der Waals surface area contributed by atoms with Crippen LogP contribution in [0.1, 0.15) is 59.3 Å². The fourth-order valence-corrected chi connectivity index (χ4v) is 5.17. The molecular formula is C28H37FO7. The van der Waals surface area contributed by atoms with Crippen molar-refractivity contribution in [3.8, 4) is 5.75 Å². The number of hydrogen-bond acceptors (Lipinski definition) is 6. The number of carboxylic acids is 1. The number of carboxylic acid groups (broad SMARTS) is 1. The van der Waals surface area contributed by atoms with Gasteiger partial charge in [-0.25, -0.2) is 9.18 Å². The lowest BCUT2D eigenvalue weighted by Gasteiger charge is -2.42. The average Bonchev–Trinajstić information content (AvgIpc) is 2.79. The van der Waals surface area contributed by atoms with E-state index in [1.165, 1.54) is 24.3 Å². The van der Waals surface area contributed by atoms with Gasteiger partial charge in [-0.1, -0.05) is 25.2 Å². The van der Waals surface area contributed by atoms with Gasteiger partial charge in [0.05, 0.1) is 18.6 Å². The first-order valence-electron chi connectivity index (χ1n) is 12.6. The first-order chi connectivity index (χ1) is 17.0. The second-order valence-electron chi connectivity index (χ2n) is 10.4. The van der Waals surface area contributed by atoms with Crippen LogP contribution in [0.25, 0.3) is 0 Å². The molecule has 0 aliphatic heterocycles. The van der Waals surface area contributed by atoms with Gasteiger partial charge in [-0.3, -0.25) is 4.79 Å². The Morgan fingerprint density at radius 3 is 2.53 bits per heavy atom. The molecule has 6 atom stereocenters. The first-order valence-corrected chi connectivity index (χ1v) is 12.6. The maximum atomic E-state index is 13.2. The van der Waals surface area contributed by atoms with Gasteiger partial charge in [-0.05, 0) is 87.6 Å². The third-order valence-electron chi connectivity index (χ3n) is 7.07. The third kappa shape index (κ3) is 7.40. The number of carbonyl (C=O) groups is 2. The molecule has 3 rings (SSSR count). The molecule has 0 heterocycles. The quantitative estimate of drug-likeness (QED) is 0.382. The summed E-state index contributed by atoms with van der Waals surface area (Å²) in [5.74, 6) is -1.38. The summed E-state index contributed by atoms with van der Waals surface area (Å²) in [6.45, 7) is 5.34. The smallest absolute Gasteiger partial charge is 0.350 e. The molecule has 1 aromatic rings. The molecule has 0 spiro atoms. The molecule has 198 valence electrons. The largest absolute Gasteiger partial charge is 0.481 e. The third-order valence-corrected chi connectivity index (χ3v) is 7.07. The standard InChI is InChI=1S/C28H37FO7/c1-17-7-8-18-5-4-6-24(26(18)23(17)14-11-20(30)15-21(31)16-25(32)33)35-27(34)28(2,3)36-22-12-9-19(29)10-13-22/h5,7-10,12-13,17,20-21,23-24,26,30-31H,4,6,11,14-16H2,1-3H3,(H,32,33). The van der Waals surface area contributed by atoms with Crippen molar-refractivity contribution in [1.82, 2.24) is 0 Å². The van der Waals surface area contributed by atoms with Crippen molar-refractivity contribution in [1.29, 1.82) is 0 Å². The summed E-state index contributed by atoms with van der Waals surface area (Å²) < 4.78 is 25.1. The maximum Gasteiger partial charge on any atom is 0.350 e. The molecule has 0 bridgehead atoms. The fourth-order valence-electron chi connectivity index (χ4n) is 5.17. The lowest BCUT2D eigenvalue weighted by atomic mass is 9.66. The number of benzene rings is 1. The van der Waals surface area contributed by atoms with Crippen LogP contribution in [0.3, 0.4) is 0 Å². The van der Waals surface area contributed by atoms with E-state index in [9.17, 15) is 24.2 Å². The average molecular weight is 505 g/mol. The van der Waals surface area contributed by atoms with Crippen LogP contribution in [0.5, 0.6) is 5.75 Å². The Bertz CT molecular complexity index is 969. The van der Waals surface area contributed by atoms with Gasteiger partial charge in [0.15, 0.2) is 5.60 Å². The summed E-state index contributed by atoms with van der Waals surface area (Å²) in [6, 6.07) is 5.47. The van der Waals surface area contributed by atoms with Crippen LogP contribution in [-0.4, -0.2) is 51.2 Å². The monoisotopic (exact) mass is 504 g/mol. The van der Waals surface area contributed by atoms with E-state index in [0.29, 0.717) is 25.0 Å². The predicted octanol–water partition coefficient (Wildman–Crippen LogP) is 4.42. The number of esters is 1. The second kappa shape index (κ2) is 12.0. The number of allylic oxidation sites excluding steroid dienone is 3. The van der Waals surface area contributed by atoms with E-state index >= 15 is 0 Å². The molecule has 0 aromatic heterocycles. The zero-order chi connectivity index (χ0) is 26.5. The maximum absolute atomic E-state index is 13.2. The molecule has 36 heavy (non-hydrogen) atoms. The topological polar surface area (TPSA) is 113 Å². The number of aliphatic carboxylic acids is 1. The zero-order valence-electron chi connectivity index (χ0n) is 21.1. The Labute approximate surface area is 211 Å². The highest BCUT2D eigenvalue weighted by molar-refractivity contribution is 5.79. The number of carbonyl (C=O) groups excluding carboxylic acids is 1. The molecule has 0 amide bonds. The highest BCUT2D eigenvalue weighted by Gasteiger charge is 2.42. The number of halogens is 1. The van der Waals surface area contributed by atoms with Gasteiger partial charge in [-0.15, -0.1) is 0 Å². The molecule has 0 fully saturated rings. The van der Waals surface area contributed by atoms with Crippen molar-refractivity contribution in [3.63, 3.8) is 0 Å². The van der Waals surface area contributed by atoms with E-state index in [-0.39, 0.29) is 30.3 Å². The summed E-state index contributed by atoms with van der Waals surface area (Å²) in [7, 11) is 0. The molecular weight excluding hydrogens is 467 g/mol. The molecule has 6 unspecified atom stereocenters. The van der Waals surface area contributed by atoms with Crippen LogP contribution in [0.2, 0.25) is 0 Å². The molecule has 0 saturated carbocycles. The number of aliphatic hydroxyl groups excluding tert-OH is 2. The summed E-state index contributed by atoms with van der Waals surface area (Å²) in [4.78, 5) is 24.0. The van der Waals surface area contributed by atoms with Crippen LogP contribution in [0, 0.1) is 23.6 Å². The van der Waals surface area contributed by atoms with Gasteiger partial charge in [0.2, 0.25) is 0 Å². The van der Waals surface area contributed by atoms with Gasteiger partial charge in [-0.2, -0.15) is 0 Å². The van der Waals surface area contributed by atoms with E-state index in [4.69, 9.17) is 14.6 Å². The Balaban J connectivity index is 1.67. The Morgan fingerprint density at radius 2 is 1.86 bits per heavy atom. The van der Waals surface area contributed by atoms with Crippen molar-refractivity contribution in [2.45, 2.75) is 83.2 Å². The van der Waals surface area contributed by atoms with Crippen molar-refractivity contribution < 1.29 is 38.8 Å². The number of hydrogen-bond donors (Lipinski definition) is 3. The Hall–Kier alpha value is -2.71. The lowest BCUT2D eigenvalue weighted by Crippen LogP contribution is -2.46. The van der Waals surface area contributed by atoms with E-state index < -0.39 is 42.0 Å². The highest BCUT2D eigenvalue weighted by atomic mass is 19.1. The zero-order valence-corrected chi connectivity index (χ0v) is 21.1. The number of aliphatic hydroxyl groups is 2. The predicted molar refractivity (Wildman–Crippen MR) is 132 cm³/mol. The summed E-state index contributed by atoms with van der Waals surface area (Å²) >= 11 is 0. The van der Waals surface area contributed by atoms with Crippen molar-refractivity contribution >= 4 is 11.9 Å². The van der Waals surface area contributed by atoms with Crippen LogP contribution < -0.4 is 4.74 Å². The Morgan fingerprint density at radius 1 is 1.17 bits per heavy atom. The first kappa shape index (κ1) is 27.9. The molecule has 2 aliphatic carbocycles. The number of ether oxygens (including phenoxy) is 2. The number of rotatable bonds is 11. The van der Waals surface area contributed by atoms with Gasteiger partial charge >= 0.3 is 11.9 Å². The normalized spacial score (nSPS) is 25.3. The van der Waals surface area contributed by atoms with Crippen LogP contribution in [0.15, 0.2) is 48.1 Å². The number of fused-ring (bicyclic) bond motifs is 1. The SMILES string of the molecule is CC1C=CC2=CCCC(OC(=O)C(C)(C)Oc3ccc(F)cc3)C2C1CCC(O)CC(O)CC(=O)O. The molecule has 0 saturated heterocycles. The molecule has 2 aliphatic rings. The minimum atomic E-state index is -1.28. The lowest BCUT2D eigenvalue weighted by molar-refractivity contribution is -0.169. The molecule has 0 radical (unpaired) electrons. The van der Waals surface area contributed by atoms with Crippen LogP contribution in [0.4, 0.5) is 4.39 Å². The van der Waals surface area contributed by atoms with E-state index in [2.05, 4.69) is 25.2 Å². The molecule has 3 N–H and O–H groups in total. The second-order valence-corrected chi connectivity index (χ2v) is 10.4. The summed E-state index contributed by atoms with van der Waals surface area (Å²) in [6.07, 6.45) is 6.19. The minimum absolute atomic E-state index is 0.00390.